The minimum atomic E-state index is 0.188. The zero-order valence-corrected chi connectivity index (χ0v) is 12.7. The Hall–Kier alpha value is -1.02. The van der Waals surface area contributed by atoms with E-state index in [0.717, 1.165) is 18.4 Å². The fourth-order valence-electron chi connectivity index (χ4n) is 4.09. The van der Waals surface area contributed by atoms with Crippen LogP contribution in [0.4, 0.5) is 5.69 Å². The van der Waals surface area contributed by atoms with Crippen molar-refractivity contribution in [2.75, 3.05) is 11.4 Å². The third-order valence-electron chi connectivity index (χ3n) is 5.34. The Bertz CT molecular complexity index is 424. The lowest BCUT2D eigenvalue weighted by molar-refractivity contribution is 0.244. The zero-order valence-electron chi connectivity index (χ0n) is 12.7. The van der Waals surface area contributed by atoms with E-state index in [2.05, 4.69) is 36.1 Å². The van der Waals surface area contributed by atoms with E-state index < -0.39 is 0 Å². The maximum atomic E-state index is 6.12. The van der Waals surface area contributed by atoms with Crippen LogP contribution in [0.5, 0.6) is 0 Å². The molecular formula is C18H28N2. The van der Waals surface area contributed by atoms with E-state index in [1.807, 2.05) is 0 Å². The van der Waals surface area contributed by atoms with Gasteiger partial charge in [0.15, 0.2) is 0 Å². The third-order valence-corrected chi connectivity index (χ3v) is 5.34. The highest BCUT2D eigenvalue weighted by atomic mass is 15.2. The fourth-order valence-corrected chi connectivity index (χ4v) is 4.09. The summed E-state index contributed by atoms with van der Waals surface area (Å²) < 4.78 is 0. The molecule has 0 amide bonds. The van der Waals surface area contributed by atoms with Crippen LogP contribution in [0.1, 0.15) is 63.5 Å². The highest BCUT2D eigenvalue weighted by Gasteiger charge is 2.33. The van der Waals surface area contributed by atoms with E-state index in [-0.39, 0.29) is 6.04 Å². The lowest BCUT2D eigenvalue weighted by Gasteiger charge is -2.45. The molecular weight excluding hydrogens is 244 g/mol. The van der Waals surface area contributed by atoms with Crippen LogP contribution >= 0.6 is 0 Å². The molecule has 2 N–H and O–H groups in total. The van der Waals surface area contributed by atoms with Gasteiger partial charge < -0.3 is 10.6 Å². The molecule has 0 radical (unpaired) electrons. The smallest absolute Gasteiger partial charge is 0.0369 e. The van der Waals surface area contributed by atoms with Crippen LogP contribution in [0.2, 0.25) is 0 Å². The molecule has 1 aromatic carbocycles. The minimum Gasteiger partial charge on any atom is -0.368 e. The summed E-state index contributed by atoms with van der Waals surface area (Å²) >= 11 is 0. The average molecular weight is 272 g/mol. The van der Waals surface area contributed by atoms with Crippen LogP contribution < -0.4 is 10.6 Å². The van der Waals surface area contributed by atoms with Gasteiger partial charge in [-0.05, 0) is 55.7 Å². The largest absolute Gasteiger partial charge is 0.368 e. The van der Waals surface area contributed by atoms with Gasteiger partial charge in [0, 0.05) is 24.3 Å². The predicted octanol–water partition coefficient (Wildman–Crippen LogP) is 4.26. The van der Waals surface area contributed by atoms with Crippen molar-refractivity contribution in [1.82, 2.24) is 0 Å². The summed E-state index contributed by atoms with van der Waals surface area (Å²) in [6.07, 6.45) is 9.50. The first-order valence-electron chi connectivity index (χ1n) is 8.41. The number of hydrogen-bond donors (Lipinski definition) is 1. The van der Waals surface area contributed by atoms with E-state index >= 15 is 0 Å². The maximum Gasteiger partial charge on any atom is 0.0369 e. The second kappa shape index (κ2) is 6.17. The number of piperidine rings is 1. The summed E-state index contributed by atoms with van der Waals surface area (Å²) in [6, 6.07) is 10.0. The van der Waals surface area contributed by atoms with Crippen molar-refractivity contribution in [3.63, 3.8) is 0 Å². The third kappa shape index (κ3) is 2.71. The van der Waals surface area contributed by atoms with Crippen molar-refractivity contribution in [3.8, 4) is 0 Å². The fraction of sp³-hybridized carbons (Fsp3) is 0.667. The Kier molecular flexibility index (Phi) is 4.30. The second-order valence-corrected chi connectivity index (χ2v) is 6.55. The van der Waals surface area contributed by atoms with E-state index in [4.69, 9.17) is 5.73 Å². The molecule has 1 saturated carbocycles. The van der Waals surface area contributed by atoms with Gasteiger partial charge in [0.2, 0.25) is 0 Å². The molecule has 3 atom stereocenters. The van der Waals surface area contributed by atoms with Crippen LogP contribution in [0, 0.1) is 5.92 Å². The molecule has 2 aliphatic rings. The summed E-state index contributed by atoms with van der Waals surface area (Å²) in [5, 5.41) is 0. The number of hydrogen-bond acceptors (Lipinski definition) is 2. The minimum absolute atomic E-state index is 0.188. The Morgan fingerprint density at radius 1 is 1.10 bits per heavy atom. The Balaban J connectivity index is 1.77. The highest BCUT2D eigenvalue weighted by molar-refractivity contribution is 5.49. The molecule has 1 saturated heterocycles. The second-order valence-electron chi connectivity index (χ2n) is 6.55. The lowest BCUT2D eigenvalue weighted by atomic mass is 9.78. The molecule has 2 heteroatoms. The first-order valence-corrected chi connectivity index (χ1v) is 8.41. The van der Waals surface area contributed by atoms with Crippen molar-refractivity contribution in [2.24, 2.45) is 11.7 Å². The number of rotatable bonds is 3. The molecule has 3 rings (SSSR count). The first kappa shape index (κ1) is 13.9. The molecule has 20 heavy (non-hydrogen) atoms. The number of fused-ring (bicyclic) bond motifs is 1. The molecule has 1 aliphatic carbocycles. The van der Waals surface area contributed by atoms with Gasteiger partial charge >= 0.3 is 0 Å². The Morgan fingerprint density at radius 3 is 2.55 bits per heavy atom. The van der Waals surface area contributed by atoms with Gasteiger partial charge in [0.25, 0.3) is 0 Å². The van der Waals surface area contributed by atoms with Gasteiger partial charge in [-0.25, -0.2) is 0 Å². The van der Waals surface area contributed by atoms with Crippen molar-refractivity contribution >= 4 is 5.69 Å². The first-order chi connectivity index (χ1) is 9.79. The van der Waals surface area contributed by atoms with Crippen LogP contribution in [0.15, 0.2) is 24.3 Å². The van der Waals surface area contributed by atoms with Crippen LogP contribution in [-0.2, 0) is 0 Å². The highest BCUT2D eigenvalue weighted by Crippen LogP contribution is 2.37. The van der Waals surface area contributed by atoms with Gasteiger partial charge in [-0.1, -0.05) is 31.9 Å². The average Bonchev–Trinajstić information content (AvgIpc) is 2.54. The van der Waals surface area contributed by atoms with Crippen LogP contribution in [0.25, 0.3) is 0 Å². The van der Waals surface area contributed by atoms with Gasteiger partial charge in [-0.15, -0.1) is 0 Å². The Morgan fingerprint density at radius 2 is 1.80 bits per heavy atom. The summed E-state index contributed by atoms with van der Waals surface area (Å²) in [7, 11) is 0. The molecule has 110 valence electrons. The molecule has 1 aromatic rings. The normalized spacial score (nSPS) is 28.0. The lowest BCUT2D eigenvalue weighted by Crippen LogP contribution is -2.46. The number of anilines is 1. The Labute approximate surface area is 123 Å². The van der Waals surface area contributed by atoms with Crippen molar-refractivity contribution in [2.45, 2.75) is 64.0 Å². The molecule has 0 spiro atoms. The predicted molar refractivity (Wildman–Crippen MR) is 86.0 cm³/mol. The summed E-state index contributed by atoms with van der Waals surface area (Å²) in [5.41, 5.74) is 8.80. The summed E-state index contributed by atoms with van der Waals surface area (Å²) in [5.74, 6) is 0.940. The molecule has 0 aromatic heterocycles. The molecule has 2 fully saturated rings. The van der Waals surface area contributed by atoms with E-state index in [1.54, 1.807) is 0 Å². The van der Waals surface area contributed by atoms with E-state index in [9.17, 15) is 0 Å². The van der Waals surface area contributed by atoms with E-state index in [1.165, 1.54) is 56.3 Å². The van der Waals surface area contributed by atoms with Crippen molar-refractivity contribution in [1.29, 1.82) is 0 Å². The molecule has 1 heterocycles. The monoisotopic (exact) mass is 272 g/mol. The topological polar surface area (TPSA) is 29.3 Å². The number of nitrogens with two attached hydrogens (primary N) is 1. The SMILES string of the molecule is CC[C@@H](N)c1ccc(N2CCC[C@H]3CCCC[C@H]32)cc1. The molecule has 2 nitrogen and oxygen atoms in total. The number of benzene rings is 1. The van der Waals surface area contributed by atoms with Gasteiger partial charge in [-0.2, -0.15) is 0 Å². The van der Waals surface area contributed by atoms with Gasteiger partial charge in [-0.3, -0.25) is 0 Å². The number of nitrogens with zero attached hydrogens (tertiary/aromatic N) is 1. The van der Waals surface area contributed by atoms with Crippen molar-refractivity contribution < 1.29 is 0 Å². The maximum absolute atomic E-state index is 6.12. The van der Waals surface area contributed by atoms with Gasteiger partial charge in [0.1, 0.15) is 0 Å². The van der Waals surface area contributed by atoms with Crippen molar-refractivity contribution in [3.05, 3.63) is 29.8 Å². The van der Waals surface area contributed by atoms with Gasteiger partial charge in [0.05, 0.1) is 0 Å². The summed E-state index contributed by atoms with van der Waals surface area (Å²) in [6.45, 7) is 3.39. The summed E-state index contributed by atoms with van der Waals surface area (Å²) in [4.78, 5) is 2.68. The van der Waals surface area contributed by atoms with E-state index in [0.29, 0.717) is 0 Å². The molecule has 1 aliphatic heterocycles. The molecule has 0 unspecified atom stereocenters. The standard InChI is InChI=1S/C18H28N2/c1-2-17(19)14-9-11-16(12-10-14)20-13-5-7-15-6-3-4-8-18(15)20/h9-12,15,17-18H,2-8,13,19H2,1H3/t15-,17-,18-/m1/s1. The quantitative estimate of drug-likeness (QED) is 0.891. The van der Waals surface area contributed by atoms with Crippen LogP contribution in [-0.4, -0.2) is 12.6 Å². The van der Waals surface area contributed by atoms with Crippen LogP contribution in [0.3, 0.4) is 0 Å². The zero-order chi connectivity index (χ0) is 13.9. The molecule has 0 bridgehead atoms.